The van der Waals surface area contributed by atoms with Crippen molar-refractivity contribution < 1.29 is 23.8 Å². The third-order valence-corrected chi connectivity index (χ3v) is 6.18. The molecule has 6 nitrogen and oxygen atoms in total. The molecule has 0 aliphatic carbocycles. The summed E-state index contributed by atoms with van der Waals surface area (Å²) in [7, 11) is -3.58. The zero-order valence-corrected chi connectivity index (χ0v) is 14.1. The molecule has 1 saturated heterocycles. The van der Waals surface area contributed by atoms with Crippen molar-refractivity contribution in [1.29, 1.82) is 0 Å². The first-order valence-electron chi connectivity index (χ1n) is 7.51. The second-order valence-electron chi connectivity index (χ2n) is 5.33. The number of nitrogens with zero attached hydrogens (tertiary/aromatic N) is 1. The van der Waals surface area contributed by atoms with Crippen molar-refractivity contribution in [2.75, 3.05) is 24.7 Å². The molecule has 0 amide bonds. The van der Waals surface area contributed by atoms with Crippen LogP contribution in [0.3, 0.4) is 0 Å². The minimum absolute atomic E-state index is 0.180. The summed E-state index contributed by atoms with van der Waals surface area (Å²) in [5.41, 5.74) is 1.87. The third kappa shape index (κ3) is 3.36. The molecule has 0 spiro atoms. The van der Waals surface area contributed by atoms with Crippen LogP contribution >= 0.6 is 7.60 Å². The van der Waals surface area contributed by atoms with E-state index < -0.39 is 25.6 Å². The number of hydrogen-bond donors (Lipinski definition) is 2. The number of benzene rings is 1. The topological polar surface area (TPSA) is 79.2 Å². The number of hydrogen-bond acceptors (Lipinski definition) is 6. The fourth-order valence-electron chi connectivity index (χ4n) is 2.70. The standard InChI is InChI=1S/C15H24NO5P/c1-4-20-22(19,21-5-2)15-14(18)13(17)10-16(15)12-8-6-11(3)7-9-12/h6-9,13-15,17-18H,4-5,10H2,1-3H3/t13-,14-,15+/m0/s1. The van der Waals surface area contributed by atoms with Crippen LogP contribution in [-0.2, 0) is 13.6 Å². The molecule has 1 aliphatic rings. The molecule has 1 aliphatic heterocycles. The van der Waals surface area contributed by atoms with E-state index in [0.29, 0.717) is 0 Å². The lowest BCUT2D eigenvalue weighted by Crippen LogP contribution is -2.37. The average molecular weight is 329 g/mol. The van der Waals surface area contributed by atoms with Gasteiger partial charge in [0.25, 0.3) is 0 Å². The number of β-amino-alcohol motifs (C(OH)–C–C–N with tert-alkyl or cyclic N) is 1. The van der Waals surface area contributed by atoms with Crippen LogP contribution < -0.4 is 4.90 Å². The van der Waals surface area contributed by atoms with Crippen LogP contribution in [0.15, 0.2) is 24.3 Å². The molecule has 2 rings (SSSR count). The summed E-state index contributed by atoms with van der Waals surface area (Å²) in [4.78, 5) is 1.71. The Morgan fingerprint density at radius 2 is 1.73 bits per heavy atom. The van der Waals surface area contributed by atoms with Crippen LogP contribution in [0.4, 0.5) is 5.69 Å². The molecule has 1 heterocycles. The van der Waals surface area contributed by atoms with E-state index in [9.17, 15) is 14.8 Å². The van der Waals surface area contributed by atoms with Gasteiger partial charge in [0.15, 0.2) is 5.78 Å². The lowest BCUT2D eigenvalue weighted by Gasteiger charge is -2.32. The molecule has 7 heteroatoms. The largest absolute Gasteiger partial charge is 0.388 e. The predicted octanol–water partition coefficient (Wildman–Crippen LogP) is 2.13. The first kappa shape index (κ1) is 17.4. The van der Waals surface area contributed by atoms with E-state index in [1.165, 1.54) is 0 Å². The Bertz CT molecular complexity index is 525. The van der Waals surface area contributed by atoms with Gasteiger partial charge in [-0.05, 0) is 32.9 Å². The number of aryl methyl sites for hydroxylation is 1. The average Bonchev–Trinajstić information content (AvgIpc) is 2.77. The van der Waals surface area contributed by atoms with Crippen LogP contribution in [0.2, 0.25) is 0 Å². The second kappa shape index (κ2) is 7.11. The van der Waals surface area contributed by atoms with E-state index in [1.807, 2.05) is 31.2 Å². The summed E-state index contributed by atoms with van der Waals surface area (Å²) in [6, 6.07) is 7.59. The summed E-state index contributed by atoms with van der Waals surface area (Å²) in [6.07, 6.45) is -2.19. The highest BCUT2D eigenvalue weighted by molar-refractivity contribution is 7.54. The Hall–Kier alpha value is -0.910. The highest BCUT2D eigenvalue weighted by Crippen LogP contribution is 2.58. The number of aliphatic hydroxyl groups is 2. The Morgan fingerprint density at radius 3 is 2.23 bits per heavy atom. The Morgan fingerprint density at radius 1 is 1.18 bits per heavy atom. The van der Waals surface area contributed by atoms with Crippen molar-refractivity contribution in [2.45, 2.75) is 38.8 Å². The normalized spacial score (nSPS) is 25.7. The molecule has 3 atom stereocenters. The molecule has 0 saturated carbocycles. The van der Waals surface area contributed by atoms with Gasteiger partial charge in [0, 0.05) is 12.2 Å². The van der Waals surface area contributed by atoms with E-state index in [-0.39, 0.29) is 19.8 Å². The molecule has 0 aromatic heterocycles. The van der Waals surface area contributed by atoms with Gasteiger partial charge in [0.2, 0.25) is 0 Å². The van der Waals surface area contributed by atoms with Crippen molar-refractivity contribution in [3.8, 4) is 0 Å². The minimum Gasteiger partial charge on any atom is -0.388 e. The highest BCUT2D eigenvalue weighted by atomic mass is 31.2. The van der Waals surface area contributed by atoms with Gasteiger partial charge in [-0.1, -0.05) is 17.7 Å². The fraction of sp³-hybridized carbons (Fsp3) is 0.600. The number of anilines is 1. The lowest BCUT2D eigenvalue weighted by molar-refractivity contribution is 0.0458. The fourth-order valence-corrected chi connectivity index (χ4v) is 4.94. The van der Waals surface area contributed by atoms with Crippen LogP contribution in [0, 0.1) is 6.92 Å². The molecule has 124 valence electrons. The third-order valence-electron chi connectivity index (χ3n) is 3.71. The predicted molar refractivity (Wildman–Crippen MR) is 85.2 cm³/mol. The summed E-state index contributed by atoms with van der Waals surface area (Å²) >= 11 is 0. The first-order valence-corrected chi connectivity index (χ1v) is 9.12. The molecule has 0 bridgehead atoms. The van der Waals surface area contributed by atoms with Gasteiger partial charge in [-0.25, -0.2) is 0 Å². The SMILES string of the molecule is CCOP(=O)(OCC)[C@@H]1[C@@H](O)[C@@H](O)CN1c1ccc(C)cc1. The molecule has 1 aromatic rings. The van der Waals surface area contributed by atoms with Gasteiger partial charge in [-0.2, -0.15) is 0 Å². The van der Waals surface area contributed by atoms with Crippen LogP contribution in [0.5, 0.6) is 0 Å². The Labute approximate surface area is 131 Å². The lowest BCUT2D eigenvalue weighted by atomic mass is 10.2. The number of aliphatic hydroxyl groups excluding tert-OH is 2. The van der Waals surface area contributed by atoms with Crippen molar-refractivity contribution in [3.63, 3.8) is 0 Å². The van der Waals surface area contributed by atoms with Crippen LogP contribution in [0.1, 0.15) is 19.4 Å². The van der Waals surface area contributed by atoms with Crippen molar-refractivity contribution in [1.82, 2.24) is 0 Å². The maximum atomic E-state index is 13.1. The second-order valence-corrected chi connectivity index (χ2v) is 7.46. The highest BCUT2D eigenvalue weighted by Gasteiger charge is 2.52. The monoisotopic (exact) mass is 329 g/mol. The van der Waals surface area contributed by atoms with Crippen molar-refractivity contribution in [2.24, 2.45) is 0 Å². The van der Waals surface area contributed by atoms with E-state index in [4.69, 9.17) is 9.05 Å². The van der Waals surface area contributed by atoms with Gasteiger partial charge in [-0.3, -0.25) is 4.57 Å². The smallest absolute Gasteiger partial charge is 0.355 e. The summed E-state index contributed by atoms with van der Waals surface area (Å²) in [6.45, 7) is 6.01. The van der Waals surface area contributed by atoms with Crippen molar-refractivity contribution >= 4 is 13.3 Å². The molecule has 1 fully saturated rings. The molecule has 1 aromatic carbocycles. The first-order chi connectivity index (χ1) is 10.4. The minimum atomic E-state index is -3.58. The van der Waals surface area contributed by atoms with Crippen molar-refractivity contribution in [3.05, 3.63) is 29.8 Å². The van der Waals surface area contributed by atoms with E-state index in [0.717, 1.165) is 11.3 Å². The molecule has 22 heavy (non-hydrogen) atoms. The van der Waals surface area contributed by atoms with E-state index in [1.54, 1.807) is 18.7 Å². The molecule has 0 unspecified atom stereocenters. The van der Waals surface area contributed by atoms with E-state index in [2.05, 4.69) is 0 Å². The van der Waals surface area contributed by atoms with Gasteiger partial charge in [0.05, 0.1) is 13.2 Å². The molecule has 2 N–H and O–H groups in total. The summed E-state index contributed by atoms with van der Waals surface area (Å²) < 4.78 is 23.8. The zero-order chi connectivity index (χ0) is 16.3. The summed E-state index contributed by atoms with van der Waals surface area (Å²) in [5.74, 6) is -0.912. The van der Waals surface area contributed by atoms with Gasteiger partial charge in [-0.15, -0.1) is 0 Å². The van der Waals surface area contributed by atoms with Crippen LogP contribution in [0.25, 0.3) is 0 Å². The zero-order valence-electron chi connectivity index (χ0n) is 13.2. The Balaban J connectivity index is 2.39. The Kier molecular flexibility index (Phi) is 5.64. The maximum absolute atomic E-state index is 13.1. The quantitative estimate of drug-likeness (QED) is 0.779. The van der Waals surface area contributed by atoms with E-state index >= 15 is 0 Å². The van der Waals surface area contributed by atoms with Crippen LogP contribution in [-0.4, -0.2) is 48.0 Å². The number of rotatable bonds is 6. The molecular weight excluding hydrogens is 305 g/mol. The molecular formula is C15H24NO5P. The molecule has 0 radical (unpaired) electrons. The van der Waals surface area contributed by atoms with Gasteiger partial charge in [0.1, 0.15) is 12.2 Å². The summed E-state index contributed by atoms with van der Waals surface area (Å²) in [5, 5.41) is 20.3. The van der Waals surface area contributed by atoms with Gasteiger partial charge < -0.3 is 24.2 Å². The van der Waals surface area contributed by atoms with Gasteiger partial charge >= 0.3 is 7.60 Å². The maximum Gasteiger partial charge on any atom is 0.355 e.